The predicted octanol–water partition coefficient (Wildman–Crippen LogP) is 8.72. The molecule has 0 N–H and O–H groups in total. The van der Waals surface area contributed by atoms with E-state index in [-0.39, 0.29) is 0 Å². The molecule has 0 amide bonds. The van der Waals surface area contributed by atoms with E-state index in [4.69, 9.17) is 0 Å². The standard InChI is InChI=1S/2C13H11N.2C2H6/c2*1-14-12-8-4-2-6-10(12)11-7-3-5-9-13(11)14;2*1-2/h2*2-9H,1H3;2*1-2H3. The molecule has 0 spiro atoms. The Kier molecular flexibility index (Phi) is 7.72. The van der Waals surface area contributed by atoms with E-state index in [1.54, 1.807) is 0 Å². The van der Waals surface area contributed by atoms with E-state index in [2.05, 4.69) is 120 Å². The van der Waals surface area contributed by atoms with Gasteiger partial charge in [-0.1, -0.05) is 100 Å². The second-order valence-electron chi connectivity index (χ2n) is 7.19. The molecule has 0 bridgehead atoms. The fourth-order valence-electron chi connectivity index (χ4n) is 4.24. The van der Waals surface area contributed by atoms with Crippen molar-refractivity contribution in [3.05, 3.63) is 97.1 Å². The van der Waals surface area contributed by atoms with Gasteiger partial charge in [0.1, 0.15) is 0 Å². The summed E-state index contributed by atoms with van der Waals surface area (Å²) < 4.78 is 4.48. The third kappa shape index (κ3) is 4.13. The van der Waals surface area contributed by atoms with Gasteiger partial charge in [-0.15, -0.1) is 0 Å². The minimum Gasteiger partial charge on any atom is -0.344 e. The van der Waals surface area contributed by atoms with Crippen LogP contribution in [0.1, 0.15) is 27.7 Å². The van der Waals surface area contributed by atoms with Crippen LogP contribution in [0.4, 0.5) is 0 Å². The molecule has 0 aliphatic rings. The molecule has 2 aromatic heterocycles. The maximum Gasteiger partial charge on any atom is 0.0488 e. The highest BCUT2D eigenvalue weighted by atomic mass is 14.9. The van der Waals surface area contributed by atoms with Crippen LogP contribution < -0.4 is 0 Å². The first-order valence-corrected chi connectivity index (χ1v) is 11.6. The van der Waals surface area contributed by atoms with Crippen molar-refractivity contribution in [3.8, 4) is 0 Å². The summed E-state index contributed by atoms with van der Waals surface area (Å²) >= 11 is 0. The number of benzene rings is 4. The van der Waals surface area contributed by atoms with Crippen molar-refractivity contribution >= 4 is 43.6 Å². The number of aryl methyl sites for hydroxylation is 2. The summed E-state index contributed by atoms with van der Waals surface area (Å²) in [6.45, 7) is 8.00. The molecular weight excluding hydrogens is 388 g/mol. The van der Waals surface area contributed by atoms with Crippen LogP contribution in [0.25, 0.3) is 43.6 Å². The summed E-state index contributed by atoms with van der Waals surface area (Å²) in [5, 5.41) is 5.35. The fourth-order valence-corrected chi connectivity index (χ4v) is 4.24. The van der Waals surface area contributed by atoms with Crippen LogP contribution in [0.5, 0.6) is 0 Å². The van der Waals surface area contributed by atoms with Gasteiger partial charge in [-0.25, -0.2) is 0 Å². The Hall–Kier alpha value is -3.52. The normalized spacial score (nSPS) is 10.2. The Balaban J connectivity index is 0.000000157. The van der Waals surface area contributed by atoms with Gasteiger partial charge in [-0.2, -0.15) is 0 Å². The molecule has 32 heavy (non-hydrogen) atoms. The van der Waals surface area contributed by atoms with Crippen LogP contribution in [-0.2, 0) is 14.1 Å². The van der Waals surface area contributed by atoms with Crippen molar-refractivity contribution in [3.63, 3.8) is 0 Å². The molecule has 0 aliphatic carbocycles. The number of nitrogens with zero attached hydrogens (tertiary/aromatic N) is 2. The van der Waals surface area contributed by atoms with Crippen LogP contribution in [0.3, 0.4) is 0 Å². The third-order valence-electron chi connectivity index (χ3n) is 5.64. The monoisotopic (exact) mass is 422 g/mol. The molecule has 0 saturated carbocycles. The smallest absolute Gasteiger partial charge is 0.0488 e. The van der Waals surface area contributed by atoms with E-state index >= 15 is 0 Å². The van der Waals surface area contributed by atoms with E-state index in [9.17, 15) is 0 Å². The maximum absolute atomic E-state index is 2.24. The molecule has 2 nitrogen and oxygen atoms in total. The van der Waals surface area contributed by atoms with E-state index in [0.29, 0.717) is 0 Å². The first-order valence-electron chi connectivity index (χ1n) is 11.6. The summed E-state index contributed by atoms with van der Waals surface area (Å²) in [5.74, 6) is 0. The number of para-hydroxylation sites is 4. The zero-order valence-corrected chi connectivity index (χ0v) is 20.1. The van der Waals surface area contributed by atoms with Gasteiger partial charge in [0, 0.05) is 57.7 Å². The topological polar surface area (TPSA) is 9.86 Å². The lowest BCUT2D eigenvalue weighted by molar-refractivity contribution is 1.01. The molecule has 2 heteroatoms. The number of hydrogen-bond donors (Lipinski definition) is 0. The largest absolute Gasteiger partial charge is 0.344 e. The van der Waals surface area contributed by atoms with Gasteiger partial charge in [0.05, 0.1) is 0 Å². The van der Waals surface area contributed by atoms with E-state index in [0.717, 1.165) is 0 Å². The zero-order chi connectivity index (χ0) is 23.1. The van der Waals surface area contributed by atoms with Crippen LogP contribution in [0, 0.1) is 0 Å². The van der Waals surface area contributed by atoms with Crippen LogP contribution >= 0.6 is 0 Å². The molecule has 2 heterocycles. The summed E-state index contributed by atoms with van der Waals surface area (Å²) in [4.78, 5) is 0. The lowest BCUT2D eigenvalue weighted by Crippen LogP contribution is -1.84. The van der Waals surface area contributed by atoms with E-state index < -0.39 is 0 Å². The zero-order valence-electron chi connectivity index (χ0n) is 20.1. The van der Waals surface area contributed by atoms with Gasteiger partial charge < -0.3 is 9.13 Å². The first-order chi connectivity index (χ1) is 15.8. The van der Waals surface area contributed by atoms with Gasteiger partial charge in [0.15, 0.2) is 0 Å². The molecule has 0 unspecified atom stereocenters. The molecule has 0 fully saturated rings. The van der Waals surface area contributed by atoms with Gasteiger partial charge in [-0.3, -0.25) is 0 Å². The maximum atomic E-state index is 2.24. The summed E-state index contributed by atoms with van der Waals surface area (Å²) in [6.07, 6.45) is 0. The Morgan fingerprint density at radius 1 is 0.344 bits per heavy atom. The molecule has 164 valence electrons. The quantitative estimate of drug-likeness (QED) is 0.232. The summed E-state index contributed by atoms with van der Waals surface area (Å²) in [6, 6.07) is 34.1. The Labute approximate surface area is 191 Å². The lowest BCUT2D eigenvalue weighted by Gasteiger charge is -1.95. The highest BCUT2D eigenvalue weighted by Crippen LogP contribution is 2.28. The van der Waals surface area contributed by atoms with E-state index in [1.807, 2.05) is 27.7 Å². The SMILES string of the molecule is CC.CC.Cn1c2ccccc2c2ccccc21.Cn1c2ccccc2c2ccccc21. The predicted molar refractivity (Wildman–Crippen MR) is 144 cm³/mol. The second-order valence-corrected chi connectivity index (χ2v) is 7.19. The average Bonchev–Trinajstić information content (AvgIpc) is 3.35. The highest BCUT2D eigenvalue weighted by molar-refractivity contribution is 6.08. The van der Waals surface area contributed by atoms with Gasteiger partial charge in [0.25, 0.3) is 0 Å². The molecule has 6 aromatic rings. The number of hydrogen-bond acceptors (Lipinski definition) is 0. The van der Waals surface area contributed by atoms with Gasteiger partial charge in [-0.05, 0) is 24.3 Å². The van der Waals surface area contributed by atoms with Crippen molar-refractivity contribution in [2.75, 3.05) is 0 Å². The average molecular weight is 423 g/mol. The molecule has 0 radical (unpaired) electrons. The van der Waals surface area contributed by atoms with Crippen LogP contribution in [0.15, 0.2) is 97.1 Å². The third-order valence-corrected chi connectivity index (χ3v) is 5.64. The number of fused-ring (bicyclic) bond motifs is 6. The fraction of sp³-hybridized carbons (Fsp3) is 0.200. The minimum absolute atomic E-state index is 1.30. The summed E-state index contributed by atoms with van der Waals surface area (Å²) in [7, 11) is 4.23. The minimum atomic E-state index is 1.30. The first kappa shape index (κ1) is 23.1. The van der Waals surface area contributed by atoms with Crippen molar-refractivity contribution < 1.29 is 0 Å². The number of rotatable bonds is 0. The molecule has 6 rings (SSSR count). The Bertz CT molecular complexity index is 1220. The second kappa shape index (κ2) is 10.7. The molecule has 4 aromatic carbocycles. The van der Waals surface area contributed by atoms with Crippen LogP contribution in [-0.4, -0.2) is 9.13 Å². The Morgan fingerprint density at radius 3 is 0.750 bits per heavy atom. The highest BCUT2D eigenvalue weighted by Gasteiger charge is 2.06. The Morgan fingerprint density at radius 2 is 0.531 bits per heavy atom. The van der Waals surface area contributed by atoms with Gasteiger partial charge in [0.2, 0.25) is 0 Å². The molecule has 0 atom stereocenters. The van der Waals surface area contributed by atoms with Crippen LogP contribution in [0.2, 0.25) is 0 Å². The van der Waals surface area contributed by atoms with Crippen molar-refractivity contribution in [1.29, 1.82) is 0 Å². The van der Waals surface area contributed by atoms with Gasteiger partial charge >= 0.3 is 0 Å². The van der Waals surface area contributed by atoms with Crippen molar-refractivity contribution in [1.82, 2.24) is 9.13 Å². The molecule has 0 saturated heterocycles. The molecular formula is C30H34N2. The van der Waals surface area contributed by atoms with Crippen molar-refractivity contribution in [2.24, 2.45) is 14.1 Å². The van der Waals surface area contributed by atoms with Crippen molar-refractivity contribution in [2.45, 2.75) is 27.7 Å². The lowest BCUT2D eigenvalue weighted by atomic mass is 10.2. The molecule has 0 aliphatic heterocycles. The number of aromatic nitrogens is 2. The summed E-state index contributed by atoms with van der Waals surface area (Å²) in [5.41, 5.74) is 5.20. The van der Waals surface area contributed by atoms with E-state index in [1.165, 1.54) is 43.6 Å².